The third-order valence-electron chi connectivity index (χ3n) is 3.51. The molecule has 0 heterocycles. The maximum Gasteiger partial charge on any atom is 0.416 e. The number of nitrogens with zero attached hydrogens (tertiary/aromatic N) is 1. The molecule has 112 valence electrons. The van der Waals surface area contributed by atoms with Crippen molar-refractivity contribution < 1.29 is 23.1 Å². The topological polar surface area (TPSA) is 40.5 Å². The Labute approximate surface area is 116 Å². The van der Waals surface area contributed by atoms with Crippen LogP contribution >= 0.6 is 0 Å². The first-order valence-electron chi connectivity index (χ1n) is 6.23. The smallest absolute Gasteiger partial charge is 0.416 e. The molecule has 0 radical (unpaired) electrons. The Kier molecular flexibility index (Phi) is 4.68. The summed E-state index contributed by atoms with van der Waals surface area (Å²) < 4.78 is 37.9. The van der Waals surface area contributed by atoms with E-state index in [4.69, 9.17) is 5.11 Å². The normalized spacial score (nSPS) is 13.4. The van der Waals surface area contributed by atoms with Crippen molar-refractivity contribution in [2.24, 2.45) is 5.92 Å². The van der Waals surface area contributed by atoms with Gasteiger partial charge in [0.05, 0.1) is 16.8 Å². The van der Waals surface area contributed by atoms with E-state index in [1.807, 2.05) is 20.8 Å². The van der Waals surface area contributed by atoms with Crippen LogP contribution in [0, 0.1) is 5.92 Å². The van der Waals surface area contributed by atoms with Crippen LogP contribution in [0.4, 0.5) is 18.9 Å². The molecule has 0 spiro atoms. The van der Waals surface area contributed by atoms with E-state index in [1.165, 1.54) is 6.07 Å². The predicted octanol–water partition coefficient (Wildman–Crippen LogP) is 3.88. The van der Waals surface area contributed by atoms with Crippen LogP contribution in [0.25, 0.3) is 0 Å². The van der Waals surface area contributed by atoms with Crippen molar-refractivity contribution in [3.63, 3.8) is 0 Å². The molecule has 0 aliphatic carbocycles. The summed E-state index contributed by atoms with van der Waals surface area (Å²) in [4.78, 5) is 12.9. The first kappa shape index (κ1) is 16.3. The van der Waals surface area contributed by atoms with E-state index in [0.717, 1.165) is 6.07 Å². The van der Waals surface area contributed by atoms with Crippen molar-refractivity contribution in [2.75, 3.05) is 11.9 Å². The minimum atomic E-state index is -4.55. The minimum absolute atomic E-state index is 0.00448. The Morgan fingerprint density at radius 2 is 1.80 bits per heavy atom. The van der Waals surface area contributed by atoms with E-state index in [2.05, 4.69) is 0 Å². The Morgan fingerprint density at radius 3 is 2.20 bits per heavy atom. The van der Waals surface area contributed by atoms with Gasteiger partial charge in [0.2, 0.25) is 0 Å². The number of aromatic carboxylic acids is 1. The maximum absolute atomic E-state index is 12.6. The summed E-state index contributed by atoms with van der Waals surface area (Å²) in [6.07, 6.45) is -4.55. The standard InChI is InChI=1S/C14H18F3NO2/c1-8(2)9(3)18(4)12-6-5-10(14(15,16)17)7-11(12)13(19)20/h5-9H,1-4H3,(H,19,20). The quantitative estimate of drug-likeness (QED) is 0.914. The predicted molar refractivity (Wildman–Crippen MR) is 71.1 cm³/mol. The molecule has 3 nitrogen and oxygen atoms in total. The third-order valence-corrected chi connectivity index (χ3v) is 3.51. The minimum Gasteiger partial charge on any atom is -0.478 e. The summed E-state index contributed by atoms with van der Waals surface area (Å²) in [5.74, 6) is -1.13. The Bertz CT molecular complexity index is 498. The van der Waals surface area contributed by atoms with Gasteiger partial charge in [-0.05, 0) is 31.0 Å². The molecule has 6 heteroatoms. The van der Waals surface area contributed by atoms with Crippen molar-refractivity contribution in [1.82, 2.24) is 0 Å². The van der Waals surface area contributed by atoms with Crippen molar-refractivity contribution in [1.29, 1.82) is 0 Å². The lowest BCUT2D eigenvalue weighted by molar-refractivity contribution is -0.137. The van der Waals surface area contributed by atoms with Gasteiger partial charge in [-0.3, -0.25) is 0 Å². The number of carbonyl (C=O) groups is 1. The van der Waals surface area contributed by atoms with Crippen molar-refractivity contribution in [2.45, 2.75) is 33.0 Å². The summed E-state index contributed by atoms with van der Waals surface area (Å²) >= 11 is 0. The fourth-order valence-corrected chi connectivity index (χ4v) is 1.86. The molecule has 1 unspecified atom stereocenters. The van der Waals surface area contributed by atoms with Gasteiger partial charge in [-0.2, -0.15) is 13.2 Å². The van der Waals surface area contributed by atoms with Crippen LogP contribution in [0.2, 0.25) is 0 Å². The van der Waals surface area contributed by atoms with Gasteiger partial charge >= 0.3 is 12.1 Å². The van der Waals surface area contributed by atoms with Crippen LogP contribution < -0.4 is 4.90 Å². The molecule has 1 rings (SSSR count). The Hall–Kier alpha value is -1.72. The van der Waals surface area contributed by atoms with E-state index in [-0.39, 0.29) is 23.2 Å². The Balaban J connectivity index is 3.31. The fourth-order valence-electron chi connectivity index (χ4n) is 1.86. The first-order chi connectivity index (χ1) is 9.05. The molecule has 0 aromatic heterocycles. The van der Waals surface area contributed by atoms with Crippen LogP contribution in [0.15, 0.2) is 18.2 Å². The lowest BCUT2D eigenvalue weighted by Gasteiger charge is -2.31. The molecular formula is C14H18F3NO2. The second kappa shape index (κ2) is 5.73. The lowest BCUT2D eigenvalue weighted by atomic mass is 10.0. The zero-order chi connectivity index (χ0) is 15.7. The fraction of sp³-hybridized carbons (Fsp3) is 0.500. The number of halogens is 3. The molecule has 0 saturated heterocycles. The highest BCUT2D eigenvalue weighted by Gasteiger charge is 2.32. The van der Waals surface area contributed by atoms with Gasteiger partial charge in [-0.15, -0.1) is 0 Å². The van der Waals surface area contributed by atoms with E-state index in [9.17, 15) is 18.0 Å². The highest BCUT2D eigenvalue weighted by molar-refractivity contribution is 5.94. The zero-order valence-electron chi connectivity index (χ0n) is 11.8. The SMILES string of the molecule is CC(C)C(C)N(C)c1ccc(C(F)(F)F)cc1C(=O)O. The lowest BCUT2D eigenvalue weighted by Crippen LogP contribution is -2.34. The number of carboxylic acid groups (broad SMARTS) is 1. The first-order valence-corrected chi connectivity index (χ1v) is 6.23. The zero-order valence-corrected chi connectivity index (χ0v) is 11.8. The molecular weight excluding hydrogens is 271 g/mol. The molecule has 0 amide bonds. The van der Waals surface area contributed by atoms with Crippen LogP contribution in [-0.2, 0) is 6.18 Å². The molecule has 0 aliphatic heterocycles. The largest absolute Gasteiger partial charge is 0.478 e. The van der Waals surface area contributed by atoms with Crippen molar-refractivity contribution >= 4 is 11.7 Å². The van der Waals surface area contributed by atoms with Crippen LogP contribution in [-0.4, -0.2) is 24.2 Å². The monoisotopic (exact) mass is 289 g/mol. The van der Waals surface area contributed by atoms with E-state index in [1.54, 1.807) is 11.9 Å². The molecule has 1 N–H and O–H groups in total. The van der Waals surface area contributed by atoms with Gasteiger partial charge in [-0.25, -0.2) is 4.79 Å². The molecule has 1 atom stereocenters. The number of rotatable bonds is 4. The number of benzene rings is 1. The molecule has 20 heavy (non-hydrogen) atoms. The summed E-state index contributed by atoms with van der Waals surface area (Å²) in [5.41, 5.74) is -1.01. The number of hydrogen-bond acceptors (Lipinski definition) is 2. The van der Waals surface area contributed by atoms with E-state index >= 15 is 0 Å². The van der Waals surface area contributed by atoms with Gasteiger partial charge in [0.15, 0.2) is 0 Å². The van der Waals surface area contributed by atoms with Gasteiger partial charge in [0.25, 0.3) is 0 Å². The summed E-state index contributed by atoms with van der Waals surface area (Å²) in [5, 5.41) is 9.13. The highest BCUT2D eigenvalue weighted by Crippen LogP contribution is 2.33. The molecule has 1 aromatic rings. The van der Waals surface area contributed by atoms with Crippen molar-refractivity contribution in [3.8, 4) is 0 Å². The van der Waals surface area contributed by atoms with Gasteiger partial charge in [0, 0.05) is 13.1 Å². The van der Waals surface area contributed by atoms with Gasteiger partial charge in [-0.1, -0.05) is 13.8 Å². The number of alkyl halides is 3. The summed E-state index contributed by atoms with van der Waals surface area (Å²) in [6, 6.07) is 2.81. The number of carboxylic acids is 1. The van der Waals surface area contributed by atoms with Crippen molar-refractivity contribution in [3.05, 3.63) is 29.3 Å². The average Bonchev–Trinajstić information content (AvgIpc) is 2.34. The summed E-state index contributed by atoms with van der Waals surface area (Å²) in [6.45, 7) is 5.82. The molecule has 0 aliphatic rings. The second-order valence-electron chi connectivity index (χ2n) is 5.13. The van der Waals surface area contributed by atoms with Gasteiger partial charge < -0.3 is 10.0 Å². The van der Waals surface area contributed by atoms with Crippen LogP contribution in [0.5, 0.6) is 0 Å². The summed E-state index contributed by atoms with van der Waals surface area (Å²) in [7, 11) is 1.68. The third kappa shape index (κ3) is 3.43. The van der Waals surface area contributed by atoms with E-state index in [0.29, 0.717) is 6.07 Å². The maximum atomic E-state index is 12.6. The van der Waals surface area contributed by atoms with E-state index < -0.39 is 17.7 Å². The van der Waals surface area contributed by atoms with Crippen LogP contribution in [0.3, 0.4) is 0 Å². The molecule has 1 aromatic carbocycles. The average molecular weight is 289 g/mol. The highest BCUT2D eigenvalue weighted by atomic mass is 19.4. The van der Waals surface area contributed by atoms with Crippen LogP contribution in [0.1, 0.15) is 36.7 Å². The van der Waals surface area contributed by atoms with Gasteiger partial charge in [0.1, 0.15) is 0 Å². The number of hydrogen-bond donors (Lipinski definition) is 1. The molecule has 0 fully saturated rings. The molecule has 0 bridgehead atoms. The number of anilines is 1. The Morgan fingerprint density at radius 1 is 1.25 bits per heavy atom. The molecule has 0 saturated carbocycles. The second-order valence-corrected chi connectivity index (χ2v) is 5.13.